The number of nitrogens with one attached hydrogen (secondary N) is 2. The van der Waals surface area contributed by atoms with E-state index in [2.05, 4.69) is 25.0 Å². The van der Waals surface area contributed by atoms with E-state index in [-0.39, 0.29) is 22.3 Å². The monoisotopic (exact) mass is 557 g/mol. The van der Waals surface area contributed by atoms with E-state index in [0.29, 0.717) is 33.7 Å². The van der Waals surface area contributed by atoms with E-state index in [1.165, 1.54) is 24.3 Å². The molecular weight excluding hydrogens is 534 g/mol. The van der Waals surface area contributed by atoms with Gasteiger partial charge >= 0.3 is 5.97 Å². The van der Waals surface area contributed by atoms with Gasteiger partial charge in [0, 0.05) is 17.1 Å². The maximum absolute atomic E-state index is 12.8. The summed E-state index contributed by atoms with van der Waals surface area (Å²) >= 11 is 0. The molecule has 2 heterocycles. The van der Waals surface area contributed by atoms with Crippen LogP contribution in [0.15, 0.2) is 88.2 Å². The molecule has 0 aliphatic rings. The van der Waals surface area contributed by atoms with Crippen molar-refractivity contribution in [1.29, 1.82) is 0 Å². The zero-order chi connectivity index (χ0) is 28.3. The first-order valence-electron chi connectivity index (χ1n) is 12.0. The summed E-state index contributed by atoms with van der Waals surface area (Å²) in [6.45, 7) is 2.91. The molecule has 12 heteroatoms. The Bertz CT molecular complexity index is 1780. The van der Waals surface area contributed by atoms with Crippen LogP contribution in [-0.2, 0) is 19.6 Å². The predicted octanol–water partition coefficient (Wildman–Crippen LogP) is 4.50. The number of oxazole rings is 1. The minimum absolute atomic E-state index is 0.0330. The van der Waals surface area contributed by atoms with Crippen LogP contribution >= 0.6 is 0 Å². The molecule has 0 radical (unpaired) electrons. The number of carbonyl (C=O) groups excluding carboxylic acids is 2. The number of rotatable bonds is 8. The first-order chi connectivity index (χ1) is 19.2. The lowest BCUT2D eigenvalue weighted by Gasteiger charge is -2.10. The van der Waals surface area contributed by atoms with Gasteiger partial charge in [0.15, 0.2) is 12.2 Å². The Morgan fingerprint density at radius 3 is 2.27 bits per heavy atom. The van der Waals surface area contributed by atoms with Crippen LogP contribution in [0, 0.1) is 13.8 Å². The SMILES string of the molecule is Cc1cc(C)nc(NS(=O)(=O)c2ccc(NC(=O)COC(=O)c3ccccc3-c3nc4ccccc4o3)cc2)n1. The van der Waals surface area contributed by atoms with Gasteiger partial charge in [-0.3, -0.25) is 4.79 Å². The fraction of sp³-hybridized carbons (Fsp3) is 0.107. The van der Waals surface area contributed by atoms with Gasteiger partial charge in [0.25, 0.3) is 15.9 Å². The minimum atomic E-state index is -3.95. The van der Waals surface area contributed by atoms with Crippen molar-refractivity contribution in [3.63, 3.8) is 0 Å². The highest BCUT2D eigenvalue weighted by Gasteiger charge is 2.20. The molecule has 1 amide bonds. The number of fused-ring (bicyclic) bond motifs is 1. The Hall–Kier alpha value is -5.10. The van der Waals surface area contributed by atoms with Crippen molar-refractivity contribution in [3.05, 3.63) is 95.8 Å². The van der Waals surface area contributed by atoms with Gasteiger partial charge < -0.3 is 14.5 Å². The fourth-order valence-electron chi connectivity index (χ4n) is 3.91. The second-order valence-corrected chi connectivity index (χ2v) is 10.4. The second-order valence-electron chi connectivity index (χ2n) is 8.76. The molecule has 0 aliphatic heterocycles. The number of para-hydroxylation sites is 2. The molecule has 5 rings (SSSR count). The largest absolute Gasteiger partial charge is 0.452 e. The van der Waals surface area contributed by atoms with Gasteiger partial charge in [-0.25, -0.2) is 32.9 Å². The van der Waals surface area contributed by atoms with E-state index in [1.54, 1.807) is 56.3 Å². The summed E-state index contributed by atoms with van der Waals surface area (Å²) in [4.78, 5) is 37.8. The van der Waals surface area contributed by atoms with Crippen molar-refractivity contribution in [2.75, 3.05) is 16.6 Å². The number of carbonyl (C=O) groups is 2. The number of benzene rings is 3. The highest BCUT2D eigenvalue weighted by Crippen LogP contribution is 2.27. The lowest BCUT2D eigenvalue weighted by Crippen LogP contribution is -2.21. The van der Waals surface area contributed by atoms with Crippen molar-refractivity contribution in [3.8, 4) is 11.5 Å². The number of hydrogen-bond acceptors (Lipinski definition) is 9. The van der Waals surface area contributed by atoms with E-state index < -0.39 is 28.5 Å². The van der Waals surface area contributed by atoms with Gasteiger partial charge in [-0.15, -0.1) is 0 Å². The Morgan fingerprint density at radius 1 is 0.875 bits per heavy atom. The second kappa shape index (κ2) is 10.9. The molecule has 3 aromatic carbocycles. The van der Waals surface area contributed by atoms with E-state index >= 15 is 0 Å². The third-order valence-electron chi connectivity index (χ3n) is 5.66. The Balaban J connectivity index is 1.21. The zero-order valence-electron chi connectivity index (χ0n) is 21.4. The highest BCUT2D eigenvalue weighted by molar-refractivity contribution is 7.92. The third kappa shape index (κ3) is 5.97. The Morgan fingerprint density at radius 2 is 1.55 bits per heavy atom. The molecule has 40 heavy (non-hydrogen) atoms. The number of amides is 1. The van der Waals surface area contributed by atoms with Crippen LogP contribution in [-0.4, -0.2) is 41.9 Å². The van der Waals surface area contributed by atoms with Gasteiger partial charge in [0.1, 0.15) is 5.52 Å². The third-order valence-corrected chi connectivity index (χ3v) is 7.01. The fourth-order valence-corrected chi connectivity index (χ4v) is 4.85. The Kier molecular flexibility index (Phi) is 7.25. The summed E-state index contributed by atoms with van der Waals surface area (Å²) in [6, 6.07) is 21.1. The number of anilines is 2. The standard InChI is InChI=1S/C28H23N5O6S/c1-17-15-18(2)30-28(29-17)33-40(36,37)20-13-11-19(12-14-20)31-25(34)16-38-27(35)22-8-4-3-7-21(22)26-32-23-9-5-6-10-24(23)39-26/h3-15H,16H2,1-2H3,(H,31,34)(H,29,30,33). The molecule has 0 atom stereocenters. The number of nitrogens with zero attached hydrogens (tertiary/aromatic N) is 3. The van der Waals surface area contributed by atoms with Crippen LogP contribution < -0.4 is 10.0 Å². The smallest absolute Gasteiger partial charge is 0.339 e. The van der Waals surface area contributed by atoms with Crippen molar-refractivity contribution in [2.24, 2.45) is 0 Å². The summed E-state index contributed by atoms with van der Waals surface area (Å²) in [5.74, 6) is -1.11. The van der Waals surface area contributed by atoms with E-state index in [4.69, 9.17) is 9.15 Å². The number of esters is 1. The molecule has 0 saturated heterocycles. The lowest BCUT2D eigenvalue weighted by molar-refractivity contribution is -0.119. The molecule has 2 aromatic heterocycles. The molecule has 0 fully saturated rings. The number of sulfonamides is 1. The van der Waals surface area contributed by atoms with Crippen molar-refractivity contribution in [2.45, 2.75) is 18.7 Å². The van der Waals surface area contributed by atoms with Gasteiger partial charge in [-0.1, -0.05) is 24.3 Å². The summed E-state index contributed by atoms with van der Waals surface area (Å²) in [7, 11) is -3.95. The van der Waals surface area contributed by atoms with E-state index in [9.17, 15) is 18.0 Å². The normalized spacial score (nSPS) is 11.2. The van der Waals surface area contributed by atoms with E-state index in [0.717, 1.165) is 0 Å². The summed E-state index contributed by atoms with van der Waals surface area (Å²) in [5, 5.41) is 2.57. The highest BCUT2D eigenvalue weighted by atomic mass is 32.2. The van der Waals surface area contributed by atoms with Crippen molar-refractivity contribution < 1.29 is 27.2 Å². The van der Waals surface area contributed by atoms with E-state index in [1.807, 2.05) is 12.1 Å². The predicted molar refractivity (Wildman–Crippen MR) is 147 cm³/mol. The van der Waals surface area contributed by atoms with Gasteiger partial charge in [-0.2, -0.15) is 0 Å². The lowest BCUT2D eigenvalue weighted by atomic mass is 10.1. The molecule has 202 valence electrons. The number of ether oxygens (including phenoxy) is 1. The quantitative estimate of drug-likeness (QED) is 0.263. The molecule has 11 nitrogen and oxygen atoms in total. The topological polar surface area (TPSA) is 153 Å². The maximum atomic E-state index is 12.8. The van der Waals surface area contributed by atoms with Gasteiger partial charge in [0.05, 0.1) is 16.0 Å². The zero-order valence-corrected chi connectivity index (χ0v) is 22.2. The molecule has 5 aromatic rings. The first-order valence-corrected chi connectivity index (χ1v) is 13.5. The van der Waals surface area contributed by atoms with Crippen LogP contribution in [0.3, 0.4) is 0 Å². The number of aromatic nitrogens is 3. The first kappa shape index (κ1) is 26.5. The molecule has 0 saturated carbocycles. The average Bonchev–Trinajstić information content (AvgIpc) is 3.35. The van der Waals surface area contributed by atoms with Crippen LogP contribution in [0.4, 0.5) is 11.6 Å². The van der Waals surface area contributed by atoms with Crippen LogP contribution in [0.25, 0.3) is 22.6 Å². The summed E-state index contributed by atoms with van der Waals surface area (Å²) in [6.07, 6.45) is 0. The Labute approximate surface area is 229 Å². The number of hydrogen-bond donors (Lipinski definition) is 2. The minimum Gasteiger partial charge on any atom is -0.452 e. The van der Waals surface area contributed by atoms with Gasteiger partial charge in [0.2, 0.25) is 11.8 Å². The summed E-state index contributed by atoms with van der Waals surface area (Å²) in [5.41, 5.74) is 3.41. The molecule has 0 spiro atoms. The average molecular weight is 558 g/mol. The molecular formula is C28H23N5O6S. The summed E-state index contributed by atoms with van der Waals surface area (Å²) < 4.78 is 38.7. The molecule has 0 aliphatic carbocycles. The molecule has 2 N–H and O–H groups in total. The van der Waals surface area contributed by atoms with Crippen molar-refractivity contribution in [1.82, 2.24) is 15.0 Å². The maximum Gasteiger partial charge on any atom is 0.339 e. The van der Waals surface area contributed by atoms with Gasteiger partial charge in [-0.05, 0) is 68.4 Å². The molecule has 0 unspecified atom stereocenters. The number of aryl methyl sites for hydroxylation is 2. The van der Waals surface area contributed by atoms with Crippen molar-refractivity contribution >= 4 is 44.6 Å². The van der Waals surface area contributed by atoms with Crippen LogP contribution in [0.5, 0.6) is 0 Å². The van der Waals surface area contributed by atoms with Crippen LogP contribution in [0.1, 0.15) is 21.7 Å². The van der Waals surface area contributed by atoms with Crippen LogP contribution in [0.2, 0.25) is 0 Å². The molecule has 0 bridgehead atoms.